The van der Waals surface area contributed by atoms with E-state index >= 15 is 0 Å². The number of nitrogens with two attached hydrogens (primary N) is 1. The fourth-order valence-corrected chi connectivity index (χ4v) is 2.95. The summed E-state index contributed by atoms with van der Waals surface area (Å²) < 4.78 is 6.69. The molecule has 100 valence electrons. The zero-order valence-electron chi connectivity index (χ0n) is 9.84. The van der Waals surface area contributed by atoms with Crippen molar-refractivity contribution in [1.82, 2.24) is 0 Å². The Morgan fingerprint density at radius 2 is 2.16 bits per heavy atom. The summed E-state index contributed by atoms with van der Waals surface area (Å²) in [5, 5.41) is 10.7. The van der Waals surface area contributed by atoms with Gasteiger partial charge in [0, 0.05) is 29.1 Å². The van der Waals surface area contributed by atoms with Crippen LogP contribution in [0.15, 0.2) is 34.1 Å². The Bertz CT molecular complexity index is 600. The maximum Gasteiger partial charge on any atom is 0.270 e. The van der Waals surface area contributed by atoms with Crippen LogP contribution in [0.1, 0.15) is 10.4 Å². The molecular weight excluding hydrogens is 332 g/mol. The fourth-order valence-electron chi connectivity index (χ4n) is 1.56. The molecule has 1 aromatic carbocycles. The molecule has 0 fully saturated rings. The zero-order valence-corrected chi connectivity index (χ0v) is 12.2. The Labute approximate surface area is 122 Å². The maximum atomic E-state index is 10.7. The monoisotopic (exact) mass is 342 g/mol. The highest BCUT2D eigenvalue weighted by molar-refractivity contribution is 9.11. The first-order valence-corrected chi connectivity index (χ1v) is 7.05. The summed E-state index contributed by atoms with van der Waals surface area (Å²) in [6.07, 6.45) is 0. The van der Waals surface area contributed by atoms with E-state index < -0.39 is 4.92 Å². The van der Waals surface area contributed by atoms with Crippen LogP contribution in [-0.2, 0) is 13.2 Å². The van der Waals surface area contributed by atoms with Crippen molar-refractivity contribution in [3.63, 3.8) is 0 Å². The molecule has 1 heterocycles. The van der Waals surface area contributed by atoms with Gasteiger partial charge in [-0.15, -0.1) is 11.3 Å². The van der Waals surface area contributed by atoms with Crippen LogP contribution in [0.25, 0.3) is 0 Å². The van der Waals surface area contributed by atoms with Gasteiger partial charge >= 0.3 is 0 Å². The number of thiophene rings is 1. The predicted molar refractivity (Wildman–Crippen MR) is 77.3 cm³/mol. The van der Waals surface area contributed by atoms with E-state index in [1.54, 1.807) is 17.4 Å². The van der Waals surface area contributed by atoms with Gasteiger partial charge in [0.25, 0.3) is 5.69 Å². The molecule has 5 nitrogen and oxygen atoms in total. The molecule has 0 amide bonds. The Morgan fingerprint density at radius 1 is 1.37 bits per heavy atom. The number of non-ortho nitro benzene ring substituents is 1. The molecule has 0 aliphatic rings. The number of hydrogen-bond acceptors (Lipinski definition) is 5. The topological polar surface area (TPSA) is 78.4 Å². The Hall–Kier alpha value is -1.44. The van der Waals surface area contributed by atoms with Crippen LogP contribution in [0.4, 0.5) is 5.69 Å². The molecule has 19 heavy (non-hydrogen) atoms. The van der Waals surface area contributed by atoms with E-state index in [1.165, 1.54) is 12.1 Å². The largest absolute Gasteiger partial charge is 0.488 e. The number of halogens is 1. The molecule has 2 N–H and O–H groups in total. The van der Waals surface area contributed by atoms with Gasteiger partial charge in [-0.2, -0.15) is 0 Å². The fraction of sp³-hybridized carbons (Fsp3) is 0.167. The smallest absolute Gasteiger partial charge is 0.270 e. The van der Waals surface area contributed by atoms with E-state index in [-0.39, 0.29) is 12.2 Å². The van der Waals surface area contributed by atoms with Crippen LogP contribution in [-0.4, -0.2) is 4.92 Å². The number of hydrogen-bond donors (Lipinski definition) is 1. The molecule has 0 saturated heterocycles. The average Bonchev–Trinajstić information content (AvgIpc) is 2.81. The summed E-state index contributed by atoms with van der Waals surface area (Å²) in [5.41, 5.74) is 6.23. The van der Waals surface area contributed by atoms with Gasteiger partial charge in [0.15, 0.2) is 0 Å². The third-order valence-electron chi connectivity index (χ3n) is 2.47. The summed E-state index contributed by atoms with van der Waals surface area (Å²) in [7, 11) is 0. The maximum absolute atomic E-state index is 10.7. The van der Waals surface area contributed by atoms with Crippen LogP contribution < -0.4 is 10.5 Å². The molecule has 1 aromatic heterocycles. The number of rotatable bonds is 5. The molecular formula is C12H11BrN2O3S. The quantitative estimate of drug-likeness (QED) is 0.666. The second-order valence-electron chi connectivity index (χ2n) is 3.75. The summed E-state index contributed by atoms with van der Waals surface area (Å²) in [4.78, 5) is 11.3. The first-order valence-electron chi connectivity index (χ1n) is 5.44. The summed E-state index contributed by atoms with van der Waals surface area (Å²) in [6, 6.07) is 8.35. The van der Waals surface area contributed by atoms with Gasteiger partial charge < -0.3 is 10.5 Å². The lowest BCUT2D eigenvalue weighted by Crippen LogP contribution is -2.03. The molecule has 0 spiro atoms. The lowest BCUT2D eigenvalue weighted by atomic mass is 10.2. The van der Waals surface area contributed by atoms with E-state index in [2.05, 4.69) is 15.9 Å². The van der Waals surface area contributed by atoms with Crippen molar-refractivity contribution in [3.05, 3.63) is 54.7 Å². The number of ether oxygens (including phenoxy) is 1. The van der Waals surface area contributed by atoms with E-state index in [0.29, 0.717) is 17.9 Å². The van der Waals surface area contributed by atoms with Gasteiger partial charge in [0.1, 0.15) is 12.4 Å². The van der Waals surface area contributed by atoms with Gasteiger partial charge in [-0.1, -0.05) is 0 Å². The lowest BCUT2D eigenvalue weighted by Gasteiger charge is -2.09. The van der Waals surface area contributed by atoms with Crippen molar-refractivity contribution in [2.45, 2.75) is 13.2 Å². The Morgan fingerprint density at radius 3 is 2.74 bits per heavy atom. The summed E-state index contributed by atoms with van der Waals surface area (Å²) >= 11 is 4.96. The molecule has 0 radical (unpaired) electrons. The van der Waals surface area contributed by atoms with Crippen molar-refractivity contribution < 1.29 is 9.66 Å². The number of nitro groups is 1. The van der Waals surface area contributed by atoms with Crippen molar-refractivity contribution in [1.29, 1.82) is 0 Å². The van der Waals surface area contributed by atoms with E-state index in [0.717, 1.165) is 8.66 Å². The van der Waals surface area contributed by atoms with E-state index in [9.17, 15) is 10.1 Å². The third-order valence-corrected chi connectivity index (χ3v) is 4.07. The summed E-state index contributed by atoms with van der Waals surface area (Å²) in [5.74, 6) is 0.581. The number of nitrogens with zero attached hydrogens (tertiary/aromatic N) is 1. The van der Waals surface area contributed by atoms with E-state index in [1.807, 2.05) is 12.1 Å². The molecule has 2 aromatic rings. The molecule has 0 bridgehead atoms. The Balaban J connectivity index is 2.13. The van der Waals surface area contributed by atoms with Crippen molar-refractivity contribution in [2.75, 3.05) is 0 Å². The molecule has 7 heteroatoms. The Kier molecular flexibility index (Phi) is 4.52. The molecule has 2 rings (SSSR count). The van der Waals surface area contributed by atoms with Gasteiger partial charge in [0.05, 0.1) is 8.71 Å². The number of benzene rings is 1. The molecule has 0 aliphatic carbocycles. The number of nitro benzene ring substituents is 1. The first-order chi connectivity index (χ1) is 9.10. The van der Waals surface area contributed by atoms with Crippen molar-refractivity contribution in [2.24, 2.45) is 5.73 Å². The SMILES string of the molecule is NCc1cc([N+](=O)[O-])ccc1OCc1ccc(Br)s1. The standard InChI is InChI=1S/C12H11BrN2O3S/c13-12-4-2-10(19-12)7-18-11-3-1-9(15(16)17)5-8(11)6-14/h1-5H,6-7,14H2. The molecule has 0 atom stereocenters. The molecule has 0 unspecified atom stereocenters. The summed E-state index contributed by atoms with van der Waals surface area (Å²) in [6.45, 7) is 0.617. The average molecular weight is 343 g/mol. The highest BCUT2D eigenvalue weighted by atomic mass is 79.9. The minimum Gasteiger partial charge on any atom is -0.488 e. The highest BCUT2D eigenvalue weighted by Gasteiger charge is 2.11. The molecule has 0 saturated carbocycles. The highest BCUT2D eigenvalue weighted by Crippen LogP contribution is 2.27. The third kappa shape index (κ3) is 3.52. The van der Waals surface area contributed by atoms with Crippen molar-refractivity contribution in [3.8, 4) is 5.75 Å². The minimum absolute atomic E-state index is 0.0201. The normalized spacial score (nSPS) is 10.4. The molecule has 0 aliphatic heterocycles. The van der Waals surface area contributed by atoms with Gasteiger partial charge in [-0.25, -0.2) is 0 Å². The zero-order chi connectivity index (χ0) is 13.8. The minimum atomic E-state index is -0.445. The van der Waals surface area contributed by atoms with Crippen molar-refractivity contribution >= 4 is 33.0 Å². The van der Waals surface area contributed by atoms with Crippen LogP contribution in [0.5, 0.6) is 5.75 Å². The first kappa shape index (κ1) is 14.0. The second kappa shape index (κ2) is 6.14. The van der Waals surface area contributed by atoms with E-state index in [4.69, 9.17) is 10.5 Å². The predicted octanol–water partition coefficient (Wildman–Crippen LogP) is 3.46. The van der Waals surface area contributed by atoms with Gasteiger partial charge in [0.2, 0.25) is 0 Å². The van der Waals surface area contributed by atoms with Crippen LogP contribution in [0.2, 0.25) is 0 Å². The second-order valence-corrected chi connectivity index (χ2v) is 6.30. The van der Waals surface area contributed by atoms with Crippen LogP contribution in [0, 0.1) is 10.1 Å². The van der Waals surface area contributed by atoms with Gasteiger partial charge in [-0.05, 0) is 34.1 Å². The van der Waals surface area contributed by atoms with Crippen LogP contribution in [0.3, 0.4) is 0 Å². The lowest BCUT2D eigenvalue weighted by molar-refractivity contribution is -0.384. The van der Waals surface area contributed by atoms with Crippen LogP contribution >= 0.6 is 27.3 Å². The van der Waals surface area contributed by atoms with Gasteiger partial charge in [-0.3, -0.25) is 10.1 Å².